The molecule has 0 saturated heterocycles. The number of hydrogen-bond acceptors (Lipinski definition) is 2. The average Bonchev–Trinajstić information content (AvgIpc) is 3.04. The van der Waals surface area contributed by atoms with Crippen molar-refractivity contribution >= 4 is 0 Å². The van der Waals surface area contributed by atoms with Crippen LogP contribution in [-0.2, 0) is 0 Å². The lowest BCUT2D eigenvalue weighted by Gasteiger charge is -2.56. The van der Waals surface area contributed by atoms with Gasteiger partial charge in [0, 0.05) is 5.41 Å². The summed E-state index contributed by atoms with van der Waals surface area (Å²) in [6, 6.07) is 0. The van der Waals surface area contributed by atoms with Crippen LogP contribution in [0, 0.1) is 40.9 Å². The molecule has 4 aliphatic carbocycles. The molecule has 0 bridgehead atoms. The predicted molar refractivity (Wildman–Crippen MR) is 117 cm³/mol. The van der Waals surface area contributed by atoms with Crippen LogP contribution in [0.25, 0.3) is 0 Å². The maximum Gasteiger partial charge on any atom is 0.131 e. The molecule has 0 amide bonds. The molecule has 156 valence electrons. The van der Waals surface area contributed by atoms with E-state index in [-0.39, 0.29) is 5.41 Å². The highest BCUT2D eigenvalue weighted by atomic mass is 16.3. The van der Waals surface area contributed by atoms with E-state index in [0.29, 0.717) is 5.92 Å². The van der Waals surface area contributed by atoms with E-state index in [4.69, 9.17) is 0 Å². The fourth-order valence-electron chi connectivity index (χ4n) is 7.80. The van der Waals surface area contributed by atoms with Crippen LogP contribution in [-0.4, -0.2) is 35.2 Å². The van der Waals surface area contributed by atoms with Gasteiger partial charge < -0.3 is 5.11 Å². The third kappa shape index (κ3) is 3.18. The van der Waals surface area contributed by atoms with Crippen molar-refractivity contribution in [1.29, 1.82) is 0 Å². The lowest BCUT2D eigenvalue weighted by molar-refractivity contribution is -0.0995. The Hall–Kier alpha value is -0.780. The second kappa shape index (κ2) is 8.16. The largest absolute Gasteiger partial charge is 0.377 e. The standard InChI is InChI=1S/C26H41NO/c1-4-25-17-14-22-21-11-8-7-10-20(21)12-13-23(22)24(25)15-18-26(25,28)16-9-19-27(5-2)6-3/h10,21-24,28H,4-8,11-15,17-19H2,1-3H3/t21-,22+,23+,24-,25?,26-/m0/s1. The summed E-state index contributed by atoms with van der Waals surface area (Å²) < 4.78 is 0. The van der Waals surface area contributed by atoms with Crippen LogP contribution in [0.1, 0.15) is 85.0 Å². The third-order valence-corrected chi connectivity index (χ3v) is 9.35. The maximum absolute atomic E-state index is 11.8. The zero-order valence-electron chi connectivity index (χ0n) is 18.5. The van der Waals surface area contributed by atoms with Crippen molar-refractivity contribution in [3.63, 3.8) is 0 Å². The Balaban J connectivity index is 1.57. The fraction of sp³-hybridized carbons (Fsp3) is 0.846. The summed E-state index contributed by atoms with van der Waals surface area (Å²) in [6.45, 7) is 9.57. The zero-order valence-corrected chi connectivity index (χ0v) is 18.5. The SMILES string of the molecule is CCN(CC)CC#C[C@]1(O)CC[C@H]2[C@@H]3CCC4=CCCC[C@@H]4[C@H]3CCC21CC. The molecule has 0 aromatic carbocycles. The third-order valence-electron chi connectivity index (χ3n) is 9.35. The number of allylic oxidation sites excluding steroid dienone is 2. The Labute approximate surface area is 173 Å². The van der Waals surface area contributed by atoms with Crippen LogP contribution in [0.5, 0.6) is 0 Å². The molecule has 0 aliphatic heterocycles. The van der Waals surface area contributed by atoms with Gasteiger partial charge >= 0.3 is 0 Å². The van der Waals surface area contributed by atoms with Gasteiger partial charge in [0.05, 0.1) is 6.54 Å². The second-order valence-electron chi connectivity index (χ2n) is 10.00. The molecule has 0 spiro atoms. The summed E-state index contributed by atoms with van der Waals surface area (Å²) in [5.74, 6) is 10.1. The summed E-state index contributed by atoms with van der Waals surface area (Å²) in [6.07, 6.45) is 15.1. The number of rotatable bonds is 4. The first-order chi connectivity index (χ1) is 13.6. The highest BCUT2D eigenvalue weighted by molar-refractivity contribution is 5.28. The average molecular weight is 384 g/mol. The first kappa shape index (κ1) is 20.5. The monoisotopic (exact) mass is 383 g/mol. The molecule has 0 radical (unpaired) electrons. The van der Waals surface area contributed by atoms with E-state index in [2.05, 4.69) is 43.6 Å². The van der Waals surface area contributed by atoms with Crippen molar-refractivity contribution < 1.29 is 5.11 Å². The van der Waals surface area contributed by atoms with E-state index >= 15 is 0 Å². The zero-order chi connectivity index (χ0) is 19.8. The molecular weight excluding hydrogens is 342 g/mol. The van der Waals surface area contributed by atoms with Gasteiger partial charge in [-0.15, -0.1) is 0 Å². The summed E-state index contributed by atoms with van der Waals surface area (Å²) in [5, 5.41) is 11.8. The molecule has 3 saturated carbocycles. The number of hydrogen-bond donors (Lipinski definition) is 1. The van der Waals surface area contributed by atoms with E-state index < -0.39 is 5.60 Å². The van der Waals surface area contributed by atoms with Gasteiger partial charge in [0.15, 0.2) is 0 Å². The second-order valence-corrected chi connectivity index (χ2v) is 10.00. The molecule has 0 heterocycles. The van der Waals surface area contributed by atoms with Crippen molar-refractivity contribution in [2.75, 3.05) is 19.6 Å². The van der Waals surface area contributed by atoms with Crippen molar-refractivity contribution in [3.05, 3.63) is 11.6 Å². The van der Waals surface area contributed by atoms with Gasteiger partial charge in [-0.1, -0.05) is 44.3 Å². The summed E-state index contributed by atoms with van der Waals surface area (Å²) >= 11 is 0. The van der Waals surface area contributed by atoms with E-state index in [9.17, 15) is 5.11 Å². The van der Waals surface area contributed by atoms with Gasteiger partial charge in [-0.25, -0.2) is 0 Å². The van der Waals surface area contributed by atoms with Gasteiger partial charge in [-0.2, -0.15) is 0 Å². The van der Waals surface area contributed by atoms with E-state index in [1.165, 1.54) is 51.4 Å². The van der Waals surface area contributed by atoms with E-state index in [1.54, 1.807) is 5.57 Å². The molecule has 4 rings (SSSR count). The minimum absolute atomic E-state index is 0.0420. The molecule has 0 aromatic heterocycles. The van der Waals surface area contributed by atoms with Crippen LogP contribution >= 0.6 is 0 Å². The van der Waals surface area contributed by atoms with Crippen molar-refractivity contribution in [1.82, 2.24) is 4.90 Å². The first-order valence-electron chi connectivity index (χ1n) is 12.2. The molecule has 2 nitrogen and oxygen atoms in total. The Morgan fingerprint density at radius 3 is 2.64 bits per heavy atom. The molecule has 28 heavy (non-hydrogen) atoms. The van der Waals surface area contributed by atoms with Gasteiger partial charge in [0.1, 0.15) is 5.60 Å². The molecule has 1 N–H and O–H groups in total. The topological polar surface area (TPSA) is 23.5 Å². The Morgan fingerprint density at radius 2 is 1.89 bits per heavy atom. The normalized spacial score (nSPS) is 42.1. The number of aliphatic hydroxyl groups is 1. The first-order valence-corrected chi connectivity index (χ1v) is 12.2. The Bertz CT molecular complexity index is 653. The lowest BCUT2D eigenvalue weighted by atomic mass is 9.49. The molecule has 1 unspecified atom stereocenters. The fourth-order valence-corrected chi connectivity index (χ4v) is 7.80. The van der Waals surface area contributed by atoms with Crippen molar-refractivity contribution in [3.8, 4) is 11.8 Å². The quantitative estimate of drug-likeness (QED) is 0.518. The number of nitrogens with zero attached hydrogens (tertiary/aromatic N) is 1. The smallest absolute Gasteiger partial charge is 0.131 e. The van der Waals surface area contributed by atoms with Gasteiger partial charge in [-0.05, 0) is 101 Å². The molecular formula is C26H41NO. The van der Waals surface area contributed by atoms with Crippen LogP contribution < -0.4 is 0 Å². The van der Waals surface area contributed by atoms with E-state index in [0.717, 1.165) is 50.2 Å². The Kier molecular flexibility index (Phi) is 5.97. The molecule has 4 aliphatic rings. The molecule has 6 atom stereocenters. The lowest BCUT2D eigenvalue weighted by Crippen LogP contribution is -2.53. The highest BCUT2D eigenvalue weighted by Crippen LogP contribution is 2.66. The predicted octanol–water partition coefficient (Wildman–Crippen LogP) is 5.42. The van der Waals surface area contributed by atoms with Crippen LogP contribution in [0.3, 0.4) is 0 Å². The molecule has 0 aromatic rings. The van der Waals surface area contributed by atoms with Crippen molar-refractivity contribution in [2.45, 2.75) is 90.6 Å². The molecule has 2 heteroatoms. The maximum atomic E-state index is 11.8. The minimum Gasteiger partial charge on any atom is -0.377 e. The summed E-state index contributed by atoms with van der Waals surface area (Å²) in [4.78, 5) is 2.34. The molecule has 3 fully saturated rings. The number of fused-ring (bicyclic) bond motifs is 5. The summed E-state index contributed by atoms with van der Waals surface area (Å²) in [5.41, 5.74) is 1.08. The summed E-state index contributed by atoms with van der Waals surface area (Å²) in [7, 11) is 0. The van der Waals surface area contributed by atoms with Crippen LogP contribution in [0.15, 0.2) is 11.6 Å². The minimum atomic E-state index is -0.757. The highest BCUT2D eigenvalue weighted by Gasteiger charge is 2.63. The van der Waals surface area contributed by atoms with Gasteiger partial charge in [0.25, 0.3) is 0 Å². The van der Waals surface area contributed by atoms with Crippen LogP contribution in [0.2, 0.25) is 0 Å². The van der Waals surface area contributed by atoms with Crippen LogP contribution in [0.4, 0.5) is 0 Å². The Morgan fingerprint density at radius 1 is 1.07 bits per heavy atom. The van der Waals surface area contributed by atoms with Crippen molar-refractivity contribution in [2.24, 2.45) is 29.1 Å². The van der Waals surface area contributed by atoms with Gasteiger partial charge in [0.2, 0.25) is 0 Å². The van der Waals surface area contributed by atoms with Gasteiger partial charge in [-0.3, -0.25) is 4.90 Å². The van der Waals surface area contributed by atoms with E-state index in [1.807, 2.05) is 0 Å².